The molecule has 0 aliphatic heterocycles. The van der Waals surface area contributed by atoms with Gasteiger partial charge in [-0.1, -0.05) is 12.1 Å². The van der Waals surface area contributed by atoms with Crippen LogP contribution in [0.5, 0.6) is 0 Å². The van der Waals surface area contributed by atoms with Crippen LogP contribution in [0.25, 0.3) is 22.3 Å². The average Bonchev–Trinajstić information content (AvgIpc) is 3.16. The van der Waals surface area contributed by atoms with Crippen LogP contribution in [0, 0.1) is 6.92 Å². The lowest BCUT2D eigenvalue weighted by Gasteiger charge is -2.15. The van der Waals surface area contributed by atoms with Gasteiger partial charge in [0.2, 0.25) is 0 Å². The number of fused-ring (bicyclic) bond motifs is 1. The van der Waals surface area contributed by atoms with Gasteiger partial charge in [0.05, 0.1) is 16.8 Å². The van der Waals surface area contributed by atoms with Gasteiger partial charge in [-0.2, -0.15) is 0 Å². The summed E-state index contributed by atoms with van der Waals surface area (Å²) in [5.74, 6) is -0.233. The molecule has 0 spiro atoms. The molecule has 4 rings (SSSR count). The van der Waals surface area contributed by atoms with Gasteiger partial charge in [0, 0.05) is 28.5 Å². The van der Waals surface area contributed by atoms with Crippen LogP contribution in [0.2, 0.25) is 0 Å². The predicted molar refractivity (Wildman–Crippen MR) is 105 cm³/mol. The summed E-state index contributed by atoms with van der Waals surface area (Å²) in [7, 11) is 0. The van der Waals surface area contributed by atoms with Crippen molar-refractivity contribution in [2.45, 2.75) is 45.2 Å². The maximum atomic E-state index is 11.6. The van der Waals surface area contributed by atoms with Crippen molar-refractivity contribution in [1.29, 1.82) is 0 Å². The van der Waals surface area contributed by atoms with Crippen molar-refractivity contribution < 1.29 is 9.90 Å². The Bertz CT molecular complexity index is 1050. The zero-order valence-electron chi connectivity index (χ0n) is 15.6. The quantitative estimate of drug-likeness (QED) is 0.549. The number of nitrogens with zero attached hydrogens (tertiary/aromatic N) is 2. The second kappa shape index (κ2) is 6.06. The molecular weight excluding hydrogens is 342 g/mol. The van der Waals surface area contributed by atoms with Crippen LogP contribution in [0.1, 0.15) is 54.5 Å². The van der Waals surface area contributed by atoms with Gasteiger partial charge in [0.1, 0.15) is 11.3 Å². The van der Waals surface area contributed by atoms with Crippen molar-refractivity contribution in [3.63, 3.8) is 0 Å². The molecule has 1 aliphatic rings. The summed E-state index contributed by atoms with van der Waals surface area (Å²) in [5.41, 5.74) is 10.5. The molecule has 7 heteroatoms. The first-order valence-corrected chi connectivity index (χ1v) is 9.05. The van der Waals surface area contributed by atoms with E-state index in [1.807, 2.05) is 25.1 Å². The predicted octanol–water partition coefficient (Wildman–Crippen LogP) is 3.62. The van der Waals surface area contributed by atoms with Gasteiger partial charge < -0.3 is 21.1 Å². The highest BCUT2D eigenvalue weighted by molar-refractivity contribution is 5.95. The number of H-pyrrole nitrogens is 1. The van der Waals surface area contributed by atoms with Gasteiger partial charge in [0.15, 0.2) is 0 Å². The van der Waals surface area contributed by atoms with Crippen molar-refractivity contribution in [3.8, 4) is 11.3 Å². The minimum Gasteiger partial charge on any atom is -0.478 e. The van der Waals surface area contributed by atoms with Crippen LogP contribution in [0.3, 0.4) is 0 Å². The van der Waals surface area contributed by atoms with E-state index in [-0.39, 0.29) is 11.1 Å². The molecule has 140 valence electrons. The van der Waals surface area contributed by atoms with Crippen LogP contribution in [0.4, 0.5) is 5.82 Å². The molecule has 5 N–H and O–H groups in total. The minimum atomic E-state index is -1.00. The minimum absolute atomic E-state index is 0.0904. The molecular formula is C20H23N5O2. The Morgan fingerprint density at radius 3 is 2.70 bits per heavy atom. The first kappa shape index (κ1) is 17.5. The van der Waals surface area contributed by atoms with E-state index >= 15 is 0 Å². The number of carboxylic acids is 1. The number of aryl methyl sites for hydroxylation is 1. The van der Waals surface area contributed by atoms with Crippen LogP contribution in [-0.4, -0.2) is 31.6 Å². The SMILES string of the molecule is Cc1nc2cccc(-c3cc(C(=O)O)c(C(C)N)[nH]3)c2nc1NC1(C)CC1. The maximum Gasteiger partial charge on any atom is 0.337 e. The molecule has 1 fully saturated rings. The van der Waals surface area contributed by atoms with E-state index in [1.165, 1.54) is 0 Å². The number of rotatable bonds is 5. The third-order valence-corrected chi connectivity index (χ3v) is 5.11. The zero-order valence-corrected chi connectivity index (χ0v) is 15.6. The highest BCUT2D eigenvalue weighted by atomic mass is 16.4. The van der Waals surface area contributed by atoms with E-state index in [4.69, 9.17) is 15.7 Å². The molecule has 0 radical (unpaired) electrons. The lowest BCUT2D eigenvalue weighted by molar-refractivity contribution is 0.0695. The summed E-state index contributed by atoms with van der Waals surface area (Å²) in [5, 5.41) is 13.0. The molecule has 2 aromatic heterocycles. The highest BCUT2D eigenvalue weighted by Crippen LogP contribution is 2.39. The smallest absolute Gasteiger partial charge is 0.337 e. The summed E-state index contributed by atoms with van der Waals surface area (Å²) in [6.07, 6.45) is 2.23. The average molecular weight is 365 g/mol. The lowest BCUT2D eigenvalue weighted by atomic mass is 10.1. The number of hydrogen-bond acceptors (Lipinski definition) is 5. The Balaban J connectivity index is 1.88. The molecule has 0 saturated heterocycles. The Labute approximate surface area is 157 Å². The van der Waals surface area contributed by atoms with Crippen molar-refractivity contribution >= 4 is 22.8 Å². The summed E-state index contributed by atoms with van der Waals surface area (Å²) < 4.78 is 0. The zero-order chi connectivity index (χ0) is 19.3. The first-order chi connectivity index (χ1) is 12.8. The monoisotopic (exact) mass is 365 g/mol. The first-order valence-electron chi connectivity index (χ1n) is 9.05. The molecule has 7 nitrogen and oxygen atoms in total. The molecule has 1 aromatic carbocycles. The Morgan fingerprint density at radius 1 is 1.37 bits per heavy atom. The van der Waals surface area contributed by atoms with E-state index in [2.05, 4.69) is 17.2 Å². The lowest BCUT2D eigenvalue weighted by Crippen LogP contribution is -2.18. The topological polar surface area (TPSA) is 117 Å². The molecule has 0 bridgehead atoms. The normalized spacial score (nSPS) is 16.3. The molecule has 27 heavy (non-hydrogen) atoms. The number of para-hydroxylation sites is 1. The van der Waals surface area contributed by atoms with E-state index in [1.54, 1.807) is 13.0 Å². The fourth-order valence-electron chi connectivity index (χ4n) is 3.25. The van der Waals surface area contributed by atoms with E-state index < -0.39 is 12.0 Å². The number of nitrogens with one attached hydrogen (secondary N) is 2. The van der Waals surface area contributed by atoms with E-state index in [0.29, 0.717) is 11.4 Å². The molecule has 2 heterocycles. The number of aromatic amines is 1. The van der Waals surface area contributed by atoms with Gasteiger partial charge in [-0.3, -0.25) is 0 Å². The Morgan fingerprint density at radius 2 is 2.11 bits per heavy atom. The third kappa shape index (κ3) is 3.14. The Kier molecular flexibility index (Phi) is 3.92. The molecule has 1 saturated carbocycles. The Hall–Kier alpha value is -2.93. The van der Waals surface area contributed by atoms with Crippen LogP contribution >= 0.6 is 0 Å². The molecule has 1 atom stereocenters. The summed E-state index contributed by atoms with van der Waals surface area (Å²) >= 11 is 0. The number of anilines is 1. The van der Waals surface area contributed by atoms with Crippen molar-refractivity contribution in [3.05, 3.63) is 41.2 Å². The van der Waals surface area contributed by atoms with Crippen molar-refractivity contribution in [2.24, 2.45) is 5.73 Å². The fourth-order valence-corrected chi connectivity index (χ4v) is 3.25. The summed E-state index contributed by atoms with van der Waals surface area (Å²) in [6.45, 7) is 5.87. The second-order valence-corrected chi connectivity index (χ2v) is 7.62. The number of hydrogen-bond donors (Lipinski definition) is 4. The van der Waals surface area contributed by atoms with E-state index in [9.17, 15) is 9.90 Å². The van der Waals surface area contributed by atoms with Crippen molar-refractivity contribution in [1.82, 2.24) is 15.0 Å². The molecule has 1 aliphatic carbocycles. The second-order valence-electron chi connectivity index (χ2n) is 7.62. The van der Waals surface area contributed by atoms with Gasteiger partial charge >= 0.3 is 5.97 Å². The molecule has 1 unspecified atom stereocenters. The summed E-state index contributed by atoms with van der Waals surface area (Å²) in [6, 6.07) is 6.92. The number of nitrogens with two attached hydrogens (primary N) is 1. The fraction of sp³-hybridized carbons (Fsp3) is 0.350. The number of aromatic nitrogens is 3. The number of carbonyl (C=O) groups is 1. The maximum absolute atomic E-state index is 11.6. The van der Waals surface area contributed by atoms with Gasteiger partial charge in [0.25, 0.3) is 0 Å². The van der Waals surface area contributed by atoms with Gasteiger partial charge in [-0.15, -0.1) is 0 Å². The molecule has 3 aromatic rings. The van der Waals surface area contributed by atoms with Crippen LogP contribution in [-0.2, 0) is 0 Å². The summed E-state index contributed by atoms with van der Waals surface area (Å²) in [4.78, 5) is 24.3. The van der Waals surface area contributed by atoms with E-state index in [0.717, 1.165) is 41.0 Å². The third-order valence-electron chi connectivity index (χ3n) is 5.11. The van der Waals surface area contributed by atoms with Crippen LogP contribution in [0.15, 0.2) is 24.3 Å². The van der Waals surface area contributed by atoms with Crippen LogP contribution < -0.4 is 11.1 Å². The molecule has 0 amide bonds. The number of benzene rings is 1. The standard InChI is InChI=1S/C20H23N5O2/c1-10(21)16-13(19(26)27)9-15(23-16)12-5-4-6-14-17(12)24-18(11(2)22-14)25-20(3)7-8-20/h4-6,9-10,23H,7-8,21H2,1-3H3,(H,24,25)(H,26,27). The number of carboxylic acid groups (broad SMARTS) is 1. The number of aromatic carboxylic acids is 1. The van der Waals surface area contributed by atoms with Gasteiger partial charge in [-0.25, -0.2) is 14.8 Å². The largest absolute Gasteiger partial charge is 0.478 e. The van der Waals surface area contributed by atoms with Crippen molar-refractivity contribution in [2.75, 3.05) is 5.32 Å². The van der Waals surface area contributed by atoms with Gasteiger partial charge in [-0.05, 0) is 45.7 Å². The highest BCUT2D eigenvalue weighted by Gasteiger charge is 2.38.